The fourth-order valence-electron chi connectivity index (χ4n) is 4.99. The molecule has 1 aliphatic carbocycles. The minimum atomic E-state index is -4.61. The minimum absolute atomic E-state index is 0.157. The van der Waals surface area contributed by atoms with Crippen molar-refractivity contribution in [1.29, 1.82) is 0 Å². The van der Waals surface area contributed by atoms with Gasteiger partial charge in [0.2, 0.25) is 0 Å². The summed E-state index contributed by atoms with van der Waals surface area (Å²) in [5.41, 5.74) is -0.413. The van der Waals surface area contributed by atoms with Crippen molar-refractivity contribution in [3.05, 3.63) is 70.2 Å². The number of carbonyl (C=O) groups is 1. The molecule has 0 aromatic heterocycles. The summed E-state index contributed by atoms with van der Waals surface area (Å²) in [4.78, 5) is 15.4. The zero-order valence-electron chi connectivity index (χ0n) is 16.0. The van der Waals surface area contributed by atoms with Gasteiger partial charge < -0.3 is 5.32 Å². The Labute approximate surface area is 172 Å². The van der Waals surface area contributed by atoms with Crippen molar-refractivity contribution in [2.45, 2.75) is 37.5 Å². The molecule has 1 saturated carbocycles. The Morgan fingerprint density at radius 1 is 1.21 bits per heavy atom. The van der Waals surface area contributed by atoms with Gasteiger partial charge >= 0.3 is 6.18 Å². The first-order valence-corrected chi connectivity index (χ1v) is 10.1. The molecular formula is C22H22ClF3N2O. The van der Waals surface area contributed by atoms with Crippen molar-refractivity contribution in [3.63, 3.8) is 0 Å². The highest BCUT2D eigenvalue weighted by atomic mass is 35.5. The Kier molecular flexibility index (Phi) is 5.11. The average Bonchev–Trinajstić information content (AvgIpc) is 3.21. The summed E-state index contributed by atoms with van der Waals surface area (Å²) in [6.07, 6.45) is -2.68. The number of halogens is 4. The van der Waals surface area contributed by atoms with Gasteiger partial charge in [0, 0.05) is 12.1 Å². The van der Waals surface area contributed by atoms with Crippen LogP contribution in [-0.4, -0.2) is 29.4 Å². The number of hydrogen-bond acceptors (Lipinski definition) is 2. The molecule has 5 rings (SSSR count). The lowest BCUT2D eigenvalue weighted by Gasteiger charge is -2.48. The van der Waals surface area contributed by atoms with E-state index in [0.29, 0.717) is 5.92 Å². The number of fused-ring (bicyclic) bond motifs is 1. The molecule has 29 heavy (non-hydrogen) atoms. The molecule has 7 heteroatoms. The summed E-state index contributed by atoms with van der Waals surface area (Å²) in [6.45, 7) is 3.94. The van der Waals surface area contributed by atoms with Crippen molar-refractivity contribution in [2.24, 2.45) is 5.92 Å². The van der Waals surface area contributed by atoms with E-state index >= 15 is 0 Å². The second-order valence-corrected chi connectivity index (χ2v) is 8.28. The van der Waals surface area contributed by atoms with Gasteiger partial charge in [-0.15, -0.1) is 0 Å². The van der Waals surface area contributed by atoms with Gasteiger partial charge in [0.25, 0.3) is 5.91 Å². The fraction of sp³-hybridized carbons (Fsp3) is 0.409. The molecule has 2 aliphatic heterocycles. The highest BCUT2D eigenvalue weighted by molar-refractivity contribution is 6.34. The molecule has 1 amide bonds. The lowest BCUT2D eigenvalue weighted by atomic mass is 9.67. The van der Waals surface area contributed by atoms with E-state index in [1.54, 1.807) is 0 Å². The van der Waals surface area contributed by atoms with Crippen LogP contribution in [0.4, 0.5) is 13.2 Å². The fourth-order valence-corrected chi connectivity index (χ4v) is 5.31. The standard InChI is InChI=1S/C22H22ClF3N2O/c1-2-28-13-14-11-21(28,12-14)19(15-7-4-3-5-8-15)27-20(29)16-9-6-10-17(18(16)23)22(24,25)26/h3-10,14,19H,2,11-13H2,1H3,(H,27,29). The molecule has 3 fully saturated rings. The SMILES string of the molecule is CCN1CC2CC1(C(NC(=O)c1cccc(C(F)(F)F)c1Cl)c1ccccc1)C2. The molecule has 2 heterocycles. The first-order chi connectivity index (χ1) is 13.8. The normalized spacial score (nSPS) is 24.8. The molecule has 0 radical (unpaired) electrons. The molecule has 2 aromatic carbocycles. The summed E-state index contributed by atoms with van der Waals surface area (Å²) >= 11 is 5.99. The Balaban J connectivity index is 1.69. The Hall–Kier alpha value is -2.05. The number of rotatable bonds is 5. The van der Waals surface area contributed by atoms with Crippen LogP contribution in [0.15, 0.2) is 48.5 Å². The molecule has 2 bridgehead atoms. The molecule has 1 N–H and O–H groups in total. The highest BCUT2D eigenvalue weighted by Gasteiger charge is 2.59. The van der Waals surface area contributed by atoms with Gasteiger partial charge in [-0.1, -0.05) is 54.9 Å². The highest BCUT2D eigenvalue weighted by Crippen LogP contribution is 2.56. The average molecular weight is 423 g/mol. The van der Waals surface area contributed by atoms with E-state index in [1.165, 1.54) is 12.1 Å². The van der Waals surface area contributed by atoms with Gasteiger partial charge in [-0.2, -0.15) is 13.2 Å². The van der Waals surface area contributed by atoms with E-state index in [0.717, 1.165) is 37.6 Å². The summed E-state index contributed by atoms with van der Waals surface area (Å²) in [5.74, 6) is 0.0194. The molecule has 3 nitrogen and oxygen atoms in total. The maximum absolute atomic E-state index is 13.2. The van der Waals surface area contributed by atoms with E-state index in [4.69, 9.17) is 11.6 Å². The molecular weight excluding hydrogens is 401 g/mol. The van der Waals surface area contributed by atoms with Gasteiger partial charge in [-0.25, -0.2) is 0 Å². The van der Waals surface area contributed by atoms with Crippen molar-refractivity contribution < 1.29 is 18.0 Å². The number of alkyl halides is 3. The predicted octanol–water partition coefficient (Wildman–Crippen LogP) is 5.31. The van der Waals surface area contributed by atoms with E-state index in [-0.39, 0.29) is 17.1 Å². The topological polar surface area (TPSA) is 32.3 Å². The van der Waals surface area contributed by atoms with Crippen molar-refractivity contribution >= 4 is 17.5 Å². The summed E-state index contributed by atoms with van der Waals surface area (Å²) < 4.78 is 39.6. The van der Waals surface area contributed by atoms with E-state index < -0.39 is 22.7 Å². The molecule has 1 unspecified atom stereocenters. The first-order valence-electron chi connectivity index (χ1n) is 9.73. The summed E-state index contributed by atoms with van der Waals surface area (Å²) in [6, 6.07) is 12.7. The van der Waals surface area contributed by atoms with Crippen LogP contribution in [0.25, 0.3) is 0 Å². The largest absolute Gasteiger partial charge is 0.417 e. The number of benzene rings is 2. The minimum Gasteiger partial charge on any atom is -0.343 e. The molecule has 1 atom stereocenters. The number of carbonyl (C=O) groups excluding carboxylic acids is 1. The van der Waals surface area contributed by atoms with E-state index in [9.17, 15) is 18.0 Å². The lowest BCUT2D eigenvalue weighted by molar-refractivity contribution is -0.137. The summed E-state index contributed by atoms with van der Waals surface area (Å²) in [7, 11) is 0. The van der Waals surface area contributed by atoms with Crippen LogP contribution in [0.3, 0.4) is 0 Å². The molecule has 0 spiro atoms. The maximum Gasteiger partial charge on any atom is 0.417 e. The number of nitrogens with zero attached hydrogens (tertiary/aromatic N) is 1. The van der Waals surface area contributed by atoms with E-state index in [2.05, 4.69) is 17.1 Å². The number of hydrogen-bond donors (Lipinski definition) is 1. The number of nitrogens with one attached hydrogen (secondary N) is 1. The van der Waals surface area contributed by atoms with Gasteiger partial charge in [-0.05, 0) is 43.0 Å². The van der Waals surface area contributed by atoms with Gasteiger partial charge in [0.05, 0.1) is 22.2 Å². The Bertz CT molecular complexity index is 910. The third-order valence-corrected chi connectivity index (χ3v) is 6.68. The van der Waals surface area contributed by atoms with Crippen molar-refractivity contribution in [1.82, 2.24) is 10.2 Å². The summed E-state index contributed by atoms with van der Waals surface area (Å²) in [5, 5.41) is 2.46. The Morgan fingerprint density at radius 2 is 1.90 bits per heavy atom. The van der Waals surface area contributed by atoms with Crippen LogP contribution < -0.4 is 5.32 Å². The zero-order valence-corrected chi connectivity index (χ0v) is 16.7. The van der Waals surface area contributed by atoms with Gasteiger partial charge in [0.1, 0.15) is 0 Å². The molecule has 2 saturated heterocycles. The predicted molar refractivity (Wildman–Crippen MR) is 106 cm³/mol. The molecule has 154 valence electrons. The van der Waals surface area contributed by atoms with Crippen LogP contribution in [0.5, 0.6) is 0 Å². The zero-order chi connectivity index (χ0) is 20.8. The van der Waals surface area contributed by atoms with Crippen LogP contribution >= 0.6 is 11.6 Å². The van der Waals surface area contributed by atoms with Crippen LogP contribution in [0, 0.1) is 5.92 Å². The quantitative estimate of drug-likeness (QED) is 0.707. The third kappa shape index (κ3) is 3.42. The molecule has 3 aliphatic rings. The Morgan fingerprint density at radius 3 is 2.52 bits per heavy atom. The third-order valence-electron chi connectivity index (χ3n) is 6.27. The van der Waals surface area contributed by atoms with Gasteiger partial charge in [-0.3, -0.25) is 9.69 Å². The second kappa shape index (κ2) is 7.33. The van der Waals surface area contributed by atoms with Crippen LogP contribution in [0.1, 0.15) is 47.3 Å². The van der Waals surface area contributed by atoms with E-state index in [1.807, 2.05) is 30.3 Å². The number of likely N-dealkylation sites (N-methyl/N-ethyl adjacent to an activating group) is 1. The number of amides is 1. The maximum atomic E-state index is 13.2. The smallest absolute Gasteiger partial charge is 0.343 e. The second-order valence-electron chi connectivity index (χ2n) is 7.90. The van der Waals surface area contributed by atoms with Crippen LogP contribution in [0.2, 0.25) is 5.02 Å². The first kappa shape index (κ1) is 20.2. The van der Waals surface area contributed by atoms with Crippen molar-refractivity contribution in [2.75, 3.05) is 13.1 Å². The van der Waals surface area contributed by atoms with Gasteiger partial charge in [0.15, 0.2) is 0 Å². The van der Waals surface area contributed by atoms with Crippen LogP contribution in [-0.2, 0) is 6.18 Å². The lowest BCUT2D eigenvalue weighted by Crippen LogP contribution is -2.56. The monoisotopic (exact) mass is 422 g/mol. The molecule has 2 aromatic rings. The van der Waals surface area contributed by atoms with Crippen molar-refractivity contribution in [3.8, 4) is 0 Å².